The number of anilines is 1. The average Bonchev–Trinajstić information content (AvgIpc) is 2.46. The monoisotopic (exact) mass is 288 g/mol. The lowest BCUT2D eigenvalue weighted by atomic mass is 9.98. The molecule has 4 N–H and O–H groups in total. The number of nitrogens with one attached hydrogen (secondary N) is 2. The molecule has 6 nitrogen and oxygen atoms in total. The van der Waals surface area contributed by atoms with E-state index in [0.29, 0.717) is 13.1 Å². The molecule has 21 heavy (non-hydrogen) atoms. The van der Waals surface area contributed by atoms with Crippen molar-refractivity contribution in [3.8, 4) is 0 Å². The maximum absolute atomic E-state index is 11.8. The summed E-state index contributed by atoms with van der Waals surface area (Å²) in [7, 11) is 0. The molecule has 1 aliphatic rings. The Morgan fingerprint density at radius 3 is 3.00 bits per heavy atom. The minimum Gasteiger partial charge on any atom is -0.398 e. The van der Waals surface area contributed by atoms with Gasteiger partial charge >= 0.3 is 6.03 Å². The van der Waals surface area contributed by atoms with E-state index in [1.54, 1.807) is 6.08 Å². The molecule has 6 heteroatoms. The summed E-state index contributed by atoms with van der Waals surface area (Å²) in [5.74, 6) is -0.325. The van der Waals surface area contributed by atoms with Gasteiger partial charge in [0.15, 0.2) is 0 Å². The number of nitrogens with two attached hydrogens (primary N) is 1. The molecule has 0 atom stereocenters. The van der Waals surface area contributed by atoms with Crippen LogP contribution in [0.2, 0.25) is 0 Å². The van der Waals surface area contributed by atoms with E-state index in [1.165, 1.54) is 5.56 Å². The topological polar surface area (TPSA) is 87.5 Å². The zero-order valence-corrected chi connectivity index (χ0v) is 11.9. The molecule has 0 spiro atoms. The third kappa shape index (κ3) is 4.06. The van der Waals surface area contributed by atoms with Crippen LogP contribution in [-0.2, 0) is 17.8 Å². The van der Waals surface area contributed by atoms with Gasteiger partial charge in [-0.1, -0.05) is 18.2 Å². The molecule has 0 saturated carbocycles. The van der Waals surface area contributed by atoms with Gasteiger partial charge in [0, 0.05) is 25.3 Å². The Morgan fingerprint density at radius 1 is 1.43 bits per heavy atom. The van der Waals surface area contributed by atoms with E-state index >= 15 is 0 Å². The van der Waals surface area contributed by atoms with Gasteiger partial charge in [-0.25, -0.2) is 4.79 Å². The number of carbonyl (C=O) groups is 2. The summed E-state index contributed by atoms with van der Waals surface area (Å²) in [5, 5.41) is 4.79. The van der Waals surface area contributed by atoms with Gasteiger partial charge < -0.3 is 11.1 Å². The molecule has 0 fully saturated rings. The molecule has 2 rings (SSSR count). The van der Waals surface area contributed by atoms with Crippen molar-refractivity contribution < 1.29 is 9.59 Å². The lowest BCUT2D eigenvalue weighted by Gasteiger charge is -2.28. The first-order valence-corrected chi connectivity index (χ1v) is 6.87. The molecule has 0 unspecified atom stereocenters. The molecule has 0 bridgehead atoms. The second-order valence-electron chi connectivity index (χ2n) is 4.99. The van der Waals surface area contributed by atoms with Gasteiger partial charge in [-0.05, 0) is 23.6 Å². The highest BCUT2D eigenvalue weighted by atomic mass is 16.2. The highest BCUT2D eigenvalue weighted by Gasteiger charge is 2.20. The summed E-state index contributed by atoms with van der Waals surface area (Å²) < 4.78 is 0. The molecule has 1 heterocycles. The molecular formula is C15H20N4O2. The largest absolute Gasteiger partial charge is 0.398 e. The van der Waals surface area contributed by atoms with E-state index in [0.717, 1.165) is 24.2 Å². The Balaban J connectivity index is 1.87. The maximum Gasteiger partial charge on any atom is 0.321 e. The first kappa shape index (κ1) is 15.1. The van der Waals surface area contributed by atoms with Crippen molar-refractivity contribution in [3.63, 3.8) is 0 Å². The Hall–Kier alpha value is -2.34. The van der Waals surface area contributed by atoms with Crippen LogP contribution in [0.15, 0.2) is 30.9 Å². The van der Waals surface area contributed by atoms with Gasteiger partial charge in [0.1, 0.15) is 0 Å². The zero-order valence-electron chi connectivity index (χ0n) is 11.9. The standard InChI is InChI=1S/C15H20N4O2/c1-2-7-17-15(21)18-14(20)10-19-8-6-11-4-3-5-13(16)12(11)9-19/h2-5H,1,6-10,16H2,(H2,17,18,20,21). The Morgan fingerprint density at radius 2 is 2.24 bits per heavy atom. The number of rotatable bonds is 4. The number of urea groups is 1. The molecule has 3 amide bonds. The SMILES string of the molecule is C=CCNC(=O)NC(=O)CN1CCc2cccc(N)c2C1. The van der Waals surface area contributed by atoms with Crippen LogP contribution in [0, 0.1) is 0 Å². The van der Waals surface area contributed by atoms with Crippen LogP contribution in [0.1, 0.15) is 11.1 Å². The highest BCUT2D eigenvalue weighted by molar-refractivity contribution is 5.95. The first-order chi connectivity index (χ1) is 10.1. The van der Waals surface area contributed by atoms with Crippen LogP contribution >= 0.6 is 0 Å². The van der Waals surface area contributed by atoms with E-state index in [4.69, 9.17) is 5.73 Å². The fourth-order valence-corrected chi connectivity index (χ4v) is 2.38. The van der Waals surface area contributed by atoms with Crippen molar-refractivity contribution in [1.29, 1.82) is 0 Å². The molecule has 0 aromatic heterocycles. The van der Waals surface area contributed by atoms with Crippen molar-refractivity contribution >= 4 is 17.6 Å². The van der Waals surface area contributed by atoms with Gasteiger partial charge in [0.25, 0.3) is 0 Å². The lowest BCUT2D eigenvalue weighted by molar-refractivity contribution is -0.121. The summed E-state index contributed by atoms with van der Waals surface area (Å²) in [4.78, 5) is 25.2. The number of fused-ring (bicyclic) bond motifs is 1. The average molecular weight is 288 g/mol. The number of amides is 3. The van der Waals surface area contributed by atoms with E-state index < -0.39 is 6.03 Å². The number of nitrogens with zero attached hydrogens (tertiary/aromatic N) is 1. The van der Waals surface area contributed by atoms with E-state index in [-0.39, 0.29) is 12.5 Å². The zero-order chi connectivity index (χ0) is 15.2. The summed E-state index contributed by atoms with van der Waals surface area (Å²) in [5.41, 5.74) is 9.03. The van der Waals surface area contributed by atoms with Crippen molar-refractivity contribution in [3.05, 3.63) is 42.0 Å². The Labute approximate surface area is 124 Å². The van der Waals surface area contributed by atoms with E-state index in [1.807, 2.05) is 17.0 Å². The van der Waals surface area contributed by atoms with Crippen molar-refractivity contribution in [2.45, 2.75) is 13.0 Å². The molecule has 0 aliphatic carbocycles. The van der Waals surface area contributed by atoms with Crippen molar-refractivity contribution in [2.24, 2.45) is 0 Å². The van der Waals surface area contributed by atoms with E-state index in [9.17, 15) is 9.59 Å². The second-order valence-corrected chi connectivity index (χ2v) is 4.99. The minimum absolute atomic E-state index is 0.176. The molecule has 0 radical (unpaired) electrons. The number of benzene rings is 1. The predicted molar refractivity (Wildman–Crippen MR) is 81.6 cm³/mol. The lowest BCUT2D eigenvalue weighted by Crippen LogP contribution is -2.45. The molecule has 0 saturated heterocycles. The van der Waals surface area contributed by atoms with Crippen molar-refractivity contribution in [2.75, 3.05) is 25.4 Å². The van der Waals surface area contributed by atoms with Crippen LogP contribution < -0.4 is 16.4 Å². The number of carbonyl (C=O) groups excluding carboxylic acids is 2. The molecule has 112 valence electrons. The third-order valence-corrected chi connectivity index (χ3v) is 3.42. The molecule has 1 aliphatic heterocycles. The smallest absolute Gasteiger partial charge is 0.321 e. The fourth-order valence-electron chi connectivity index (χ4n) is 2.38. The number of hydrogen-bond acceptors (Lipinski definition) is 4. The van der Waals surface area contributed by atoms with Crippen molar-refractivity contribution in [1.82, 2.24) is 15.5 Å². The normalized spacial score (nSPS) is 14.1. The quantitative estimate of drug-likeness (QED) is 0.560. The number of nitrogen functional groups attached to an aromatic ring is 1. The maximum atomic E-state index is 11.8. The molecular weight excluding hydrogens is 268 g/mol. The summed E-state index contributed by atoms with van der Waals surface area (Å²) in [6, 6.07) is 5.37. The third-order valence-electron chi connectivity index (χ3n) is 3.42. The van der Waals surface area contributed by atoms with Gasteiger partial charge in [-0.2, -0.15) is 0 Å². The van der Waals surface area contributed by atoms with Gasteiger partial charge in [0.2, 0.25) is 5.91 Å². The summed E-state index contributed by atoms with van der Waals surface area (Å²) in [6.07, 6.45) is 2.41. The summed E-state index contributed by atoms with van der Waals surface area (Å²) >= 11 is 0. The Kier molecular flexibility index (Phi) is 4.94. The van der Waals surface area contributed by atoms with Crippen LogP contribution in [-0.4, -0.2) is 36.5 Å². The van der Waals surface area contributed by atoms with Gasteiger partial charge in [0.05, 0.1) is 6.54 Å². The number of hydrogen-bond donors (Lipinski definition) is 3. The van der Waals surface area contributed by atoms with Crippen LogP contribution in [0.25, 0.3) is 0 Å². The van der Waals surface area contributed by atoms with E-state index in [2.05, 4.69) is 23.3 Å². The van der Waals surface area contributed by atoms with Crippen LogP contribution in [0.3, 0.4) is 0 Å². The summed E-state index contributed by atoms with van der Waals surface area (Å²) in [6.45, 7) is 5.39. The molecule has 1 aromatic carbocycles. The second kappa shape index (κ2) is 6.90. The Bertz CT molecular complexity index is 557. The van der Waals surface area contributed by atoms with Gasteiger partial charge in [-0.15, -0.1) is 6.58 Å². The van der Waals surface area contributed by atoms with Crippen LogP contribution in [0.5, 0.6) is 0 Å². The van der Waals surface area contributed by atoms with Gasteiger partial charge in [-0.3, -0.25) is 15.0 Å². The number of imide groups is 1. The minimum atomic E-state index is -0.503. The fraction of sp³-hybridized carbons (Fsp3) is 0.333. The highest BCUT2D eigenvalue weighted by Crippen LogP contribution is 2.23. The van der Waals surface area contributed by atoms with Crippen LogP contribution in [0.4, 0.5) is 10.5 Å². The predicted octanol–water partition coefficient (Wildman–Crippen LogP) is 0.639. The molecule has 1 aromatic rings. The first-order valence-electron chi connectivity index (χ1n) is 6.87.